The van der Waals surface area contributed by atoms with Gasteiger partial charge in [-0.3, -0.25) is 0 Å². The van der Waals surface area contributed by atoms with Crippen LogP contribution in [0.1, 0.15) is 11.1 Å². The summed E-state index contributed by atoms with van der Waals surface area (Å²) in [5.41, 5.74) is 10.2. The Morgan fingerprint density at radius 3 is 1.69 bits per heavy atom. The molecule has 0 fully saturated rings. The minimum Gasteiger partial charge on any atom is -0.0616 e. The molecule has 1 aliphatic carbocycles. The van der Waals surface area contributed by atoms with Crippen LogP contribution in [0.4, 0.5) is 0 Å². The number of hydrogen-bond acceptors (Lipinski definition) is 0. The Morgan fingerprint density at radius 1 is 0.310 bits per heavy atom. The van der Waals surface area contributed by atoms with Gasteiger partial charge < -0.3 is 0 Å². The van der Waals surface area contributed by atoms with Crippen LogP contribution < -0.4 is 0 Å². The zero-order valence-corrected chi connectivity index (χ0v) is 23.0. The minimum absolute atomic E-state index is 1.23. The van der Waals surface area contributed by atoms with E-state index in [0.29, 0.717) is 0 Å². The predicted octanol–water partition coefficient (Wildman–Crippen LogP) is 11.8. The highest BCUT2D eigenvalue weighted by Gasteiger charge is 2.19. The van der Waals surface area contributed by atoms with Gasteiger partial charge in [-0.25, -0.2) is 0 Å². The highest BCUT2D eigenvalue weighted by Crippen LogP contribution is 2.46. The van der Waals surface area contributed by atoms with Crippen LogP contribution >= 0.6 is 0 Å². The Kier molecular flexibility index (Phi) is 5.00. The Balaban J connectivity index is 1.39. The molecule has 8 aromatic carbocycles. The van der Waals surface area contributed by atoms with E-state index in [2.05, 4.69) is 158 Å². The topological polar surface area (TPSA) is 0 Å². The van der Waals surface area contributed by atoms with Gasteiger partial charge in [-0.05, 0) is 106 Å². The molecule has 0 saturated carbocycles. The summed E-state index contributed by atoms with van der Waals surface area (Å²) in [5.74, 6) is 0. The summed E-state index contributed by atoms with van der Waals surface area (Å²) in [6, 6.07) is 53.8. The van der Waals surface area contributed by atoms with E-state index in [9.17, 15) is 0 Å². The molecule has 0 saturated heterocycles. The van der Waals surface area contributed by atoms with Crippen LogP contribution in [0.2, 0.25) is 0 Å². The lowest BCUT2D eigenvalue weighted by Crippen LogP contribution is -1.92. The van der Waals surface area contributed by atoms with Gasteiger partial charge in [0, 0.05) is 0 Å². The summed E-state index contributed by atoms with van der Waals surface area (Å²) in [4.78, 5) is 0. The maximum atomic E-state index is 2.42. The molecule has 0 spiro atoms. The van der Waals surface area contributed by atoms with Crippen molar-refractivity contribution in [1.82, 2.24) is 0 Å². The molecule has 0 atom stereocenters. The van der Waals surface area contributed by atoms with Crippen LogP contribution in [0, 0.1) is 0 Å². The van der Waals surface area contributed by atoms with Crippen LogP contribution in [-0.4, -0.2) is 0 Å². The highest BCUT2D eigenvalue weighted by molar-refractivity contribution is 6.17. The molecule has 0 aliphatic heterocycles. The summed E-state index contributed by atoms with van der Waals surface area (Å²) >= 11 is 0. The van der Waals surface area contributed by atoms with Gasteiger partial charge >= 0.3 is 0 Å². The van der Waals surface area contributed by atoms with Crippen molar-refractivity contribution in [1.29, 1.82) is 0 Å². The van der Waals surface area contributed by atoms with Gasteiger partial charge in [0.2, 0.25) is 0 Å². The van der Waals surface area contributed by atoms with Crippen molar-refractivity contribution in [2.45, 2.75) is 0 Å². The van der Waals surface area contributed by atoms with E-state index >= 15 is 0 Å². The van der Waals surface area contributed by atoms with E-state index in [1.807, 2.05) is 0 Å². The third-order valence-corrected chi connectivity index (χ3v) is 8.98. The molecular formula is C42H26. The zero-order chi connectivity index (χ0) is 27.6. The molecule has 0 unspecified atom stereocenters. The standard InChI is InChI=1S/C42H26/c1-2-9-30-24-31(19-16-27(30)8-1)32-21-23-39(42-35-13-5-3-10-33(35)25-34-11-4-6-14-36(34)42)40(26-32)37-22-20-29-18-17-28-12-7-15-38(37)41(28)29/h1-26H. The molecule has 42 heavy (non-hydrogen) atoms. The van der Waals surface area contributed by atoms with Gasteiger partial charge in [0.05, 0.1) is 0 Å². The summed E-state index contributed by atoms with van der Waals surface area (Å²) in [5, 5.41) is 10.3. The van der Waals surface area contributed by atoms with E-state index in [-0.39, 0.29) is 0 Å². The van der Waals surface area contributed by atoms with E-state index in [1.165, 1.54) is 87.6 Å². The second-order valence-electron chi connectivity index (χ2n) is 11.3. The van der Waals surface area contributed by atoms with Crippen molar-refractivity contribution in [3.63, 3.8) is 0 Å². The van der Waals surface area contributed by atoms with Crippen LogP contribution in [0.15, 0.2) is 146 Å². The molecule has 0 amide bonds. The molecule has 0 aromatic heterocycles. The normalized spacial score (nSPS) is 12.2. The molecule has 194 valence electrons. The van der Waals surface area contributed by atoms with Crippen LogP contribution in [0.25, 0.3) is 88.6 Å². The Bertz CT molecular complexity index is 2340. The molecule has 0 nitrogen and oxygen atoms in total. The highest BCUT2D eigenvalue weighted by atomic mass is 14.2. The lowest BCUT2D eigenvalue weighted by atomic mass is 9.84. The first-order valence-electron chi connectivity index (χ1n) is 14.6. The molecule has 8 aromatic rings. The largest absolute Gasteiger partial charge is 0.0616 e. The first-order chi connectivity index (χ1) is 20.8. The number of benzene rings is 8. The van der Waals surface area contributed by atoms with Crippen molar-refractivity contribution in [3.05, 3.63) is 157 Å². The lowest BCUT2D eigenvalue weighted by Gasteiger charge is -2.19. The SMILES string of the molecule is C1=Cc2ccc(-c3cc(-c4ccc5ccccc5c4)ccc3-c3c4ccccc4cc4ccccc34)c3cccc1c23. The molecule has 0 radical (unpaired) electrons. The Hall–Kier alpha value is -5.46. The van der Waals surface area contributed by atoms with Crippen molar-refractivity contribution in [3.8, 4) is 33.4 Å². The number of rotatable bonds is 3. The van der Waals surface area contributed by atoms with Gasteiger partial charge in [0.15, 0.2) is 0 Å². The molecular weight excluding hydrogens is 504 g/mol. The van der Waals surface area contributed by atoms with Gasteiger partial charge in [-0.1, -0.05) is 140 Å². The fourth-order valence-electron chi connectivity index (χ4n) is 6.99. The maximum absolute atomic E-state index is 2.42. The van der Waals surface area contributed by atoms with E-state index in [1.54, 1.807) is 0 Å². The Labute approximate surface area is 244 Å². The molecule has 0 heterocycles. The quantitative estimate of drug-likeness (QED) is 0.199. The Morgan fingerprint density at radius 2 is 0.905 bits per heavy atom. The van der Waals surface area contributed by atoms with Crippen molar-refractivity contribution >= 4 is 55.2 Å². The first-order valence-corrected chi connectivity index (χ1v) is 14.6. The van der Waals surface area contributed by atoms with Crippen molar-refractivity contribution in [2.24, 2.45) is 0 Å². The monoisotopic (exact) mass is 530 g/mol. The zero-order valence-electron chi connectivity index (χ0n) is 23.0. The van der Waals surface area contributed by atoms with Crippen LogP contribution in [-0.2, 0) is 0 Å². The van der Waals surface area contributed by atoms with Gasteiger partial charge in [0.25, 0.3) is 0 Å². The minimum atomic E-state index is 1.23. The molecule has 0 heteroatoms. The summed E-state index contributed by atoms with van der Waals surface area (Å²) in [6.07, 6.45) is 4.48. The summed E-state index contributed by atoms with van der Waals surface area (Å²) in [7, 11) is 0. The van der Waals surface area contributed by atoms with Crippen LogP contribution in [0.5, 0.6) is 0 Å². The van der Waals surface area contributed by atoms with E-state index in [4.69, 9.17) is 0 Å². The van der Waals surface area contributed by atoms with Crippen LogP contribution in [0.3, 0.4) is 0 Å². The number of fused-ring (bicyclic) bond motifs is 3. The molecule has 0 bridgehead atoms. The second kappa shape index (κ2) is 9.03. The van der Waals surface area contributed by atoms with Crippen molar-refractivity contribution < 1.29 is 0 Å². The fraction of sp³-hybridized carbons (Fsp3) is 0. The van der Waals surface area contributed by atoms with E-state index in [0.717, 1.165) is 0 Å². The average Bonchev–Trinajstić information content (AvgIpc) is 3.48. The molecule has 1 aliphatic rings. The molecule has 9 rings (SSSR count). The average molecular weight is 531 g/mol. The maximum Gasteiger partial charge on any atom is -0.00206 e. The van der Waals surface area contributed by atoms with Gasteiger partial charge in [-0.2, -0.15) is 0 Å². The summed E-state index contributed by atoms with van der Waals surface area (Å²) in [6.45, 7) is 0. The predicted molar refractivity (Wildman–Crippen MR) is 182 cm³/mol. The fourth-order valence-corrected chi connectivity index (χ4v) is 6.99. The summed E-state index contributed by atoms with van der Waals surface area (Å²) < 4.78 is 0. The third-order valence-electron chi connectivity index (χ3n) is 8.98. The molecule has 0 N–H and O–H groups in total. The first kappa shape index (κ1) is 23.3. The van der Waals surface area contributed by atoms with Gasteiger partial charge in [0.1, 0.15) is 0 Å². The third kappa shape index (κ3) is 3.49. The second-order valence-corrected chi connectivity index (χ2v) is 11.3. The van der Waals surface area contributed by atoms with Gasteiger partial charge in [-0.15, -0.1) is 0 Å². The van der Waals surface area contributed by atoms with E-state index < -0.39 is 0 Å². The number of hydrogen-bond donors (Lipinski definition) is 0. The smallest absolute Gasteiger partial charge is 0.00206 e. The lowest BCUT2D eigenvalue weighted by molar-refractivity contribution is 1.60. The van der Waals surface area contributed by atoms with Crippen molar-refractivity contribution in [2.75, 3.05) is 0 Å².